The van der Waals surface area contributed by atoms with Gasteiger partial charge in [-0.25, -0.2) is 5.84 Å². The molecule has 0 saturated carbocycles. The molecule has 0 saturated heterocycles. The first-order valence-corrected chi connectivity index (χ1v) is 6.82. The van der Waals surface area contributed by atoms with Crippen LogP contribution in [0.5, 0.6) is 0 Å². The average molecular weight is 300 g/mol. The quantitative estimate of drug-likeness (QED) is 0.230. The zero-order chi connectivity index (χ0) is 15.5. The normalized spacial score (nSPS) is 11.0. The standard InChI is InChI=1S/C12H24N6O3/c1-20-8-3-4-17(7-9-21-2)5-6-18-10-11(15-16-18)12(19)14-13/h10H,3-9,13H2,1-2H3,(H,14,19). The van der Waals surface area contributed by atoms with Crippen LogP contribution in [0.3, 0.4) is 0 Å². The molecule has 0 aliphatic heterocycles. The molecule has 0 unspecified atom stereocenters. The van der Waals surface area contributed by atoms with E-state index in [-0.39, 0.29) is 5.69 Å². The van der Waals surface area contributed by atoms with Gasteiger partial charge >= 0.3 is 0 Å². The zero-order valence-electron chi connectivity index (χ0n) is 12.6. The van der Waals surface area contributed by atoms with Crippen molar-refractivity contribution in [3.05, 3.63) is 11.9 Å². The van der Waals surface area contributed by atoms with Gasteiger partial charge in [0.1, 0.15) is 0 Å². The Labute approximate surface area is 124 Å². The third-order valence-electron chi connectivity index (χ3n) is 2.98. The van der Waals surface area contributed by atoms with E-state index in [9.17, 15) is 4.79 Å². The summed E-state index contributed by atoms with van der Waals surface area (Å²) in [5, 5.41) is 7.66. The molecule has 1 amide bonds. The molecule has 1 rings (SSSR count). The Morgan fingerprint density at radius 2 is 2.10 bits per heavy atom. The molecule has 0 fully saturated rings. The first-order valence-electron chi connectivity index (χ1n) is 6.82. The van der Waals surface area contributed by atoms with Gasteiger partial charge in [-0.1, -0.05) is 5.21 Å². The average Bonchev–Trinajstić information content (AvgIpc) is 2.97. The second kappa shape index (κ2) is 10.2. The summed E-state index contributed by atoms with van der Waals surface area (Å²) in [6.07, 6.45) is 2.53. The molecule has 21 heavy (non-hydrogen) atoms. The highest BCUT2D eigenvalue weighted by Gasteiger charge is 2.10. The number of carbonyl (C=O) groups excluding carboxylic acids is 1. The topological polar surface area (TPSA) is 108 Å². The second-order valence-electron chi connectivity index (χ2n) is 4.52. The van der Waals surface area contributed by atoms with Gasteiger partial charge < -0.3 is 9.47 Å². The molecule has 1 heterocycles. The van der Waals surface area contributed by atoms with Crippen molar-refractivity contribution in [2.24, 2.45) is 5.84 Å². The number of hydrogen-bond donors (Lipinski definition) is 2. The summed E-state index contributed by atoms with van der Waals surface area (Å²) in [4.78, 5) is 13.5. The van der Waals surface area contributed by atoms with Gasteiger partial charge in [-0.3, -0.25) is 19.8 Å². The molecular weight excluding hydrogens is 276 g/mol. The molecular formula is C12H24N6O3. The van der Waals surface area contributed by atoms with Gasteiger partial charge in [-0.05, 0) is 6.42 Å². The fourth-order valence-corrected chi connectivity index (χ4v) is 1.82. The number of nitrogens with zero attached hydrogens (tertiary/aromatic N) is 4. The third kappa shape index (κ3) is 6.63. The maximum atomic E-state index is 11.3. The minimum Gasteiger partial charge on any atom is -0.385 e. The van der Waals surface area contributed by atoms with Crippen molar-refractivity contribution < 1.29 is 14.3 Å². The van der Waals surface area contributed by atoms with Crippen LogP contribution >= 0.6 is 0 Å². The van der Waals surface area contributed by atoms with Gasteiger partial charge in [0, 0.05) is 40.5 Å². The van der Waals surface area contributed by atoms with Crippen molar-refractivity contribution in [1.82, 2.24) is 25.3 Å². The van der Waals surface area contributed by atoms with Gasteiger partial charge in [0.15, 0.2) is 5.69 Å². The molecule has 0 aromatic carbocycles. The van der Waals surface area contributed by atoms with Crippen LogP contribution in [0.15, 0.2) is 6.20 Å². The Hall–Kier alpha value is -1.55. The van der Waals surface area contributed by atoms with E-state index in [1.807, 2.05) is 5.43 Å². The van der Waals surface area contributed by atoms with Crippen molar-refractivity contribution in [3.8, 4) is 0 Å². The zero-order valence-corrected chi connectivity index (χ0v) is 12.6. The number of rotatable bonds is 11. The first kappa shape index (κ1) is 17.5. The maximum Gasteiger partial charge on any atom is 0.287 e. The number of hydrazine groups is 1. The number of hydrogen-bond acceptors (Lipinski definition) is 7. The number of carbonyl (C=O) groups is 1. The molecule has 9 nitrogen and oxygen atoms in total. The maximum absolute atomic E-state index is 11.3. The molecule has 0 bridgehead atoms. The van der Waals surface area contributed by atoms with Crippen LogP contribution in [0.4, 0.5) is 0 Å². The highest BCUT2D eigenvalue weighted by molar-refractivity contribution is 5.91. The van der Waals surface area contributed by atoms with E-state index in [4.69, 9.17) is 15.3 Å². The number of nitrogens with two attached hydrogens (primary N) is 1. The van der Waals surface area contributed by atoms with Crippen molar-refractivity contribution >= 4 is 5.91 Å². The number of nitrogen functional groups attached to an aromatic ring is 1. The summed E-state index contributed by atoms with van der Waals surface area (Å²) in [5.74, 6) is 4.60. The molecule has 1 aromatic rings. The molecule has 0 spiro atoms. The summed E-state index contributed by atoms with van der Waals surface area (Å²) >= 11 is 0. The summed E-state index contributed by atoms with van der Waals surface area (Å²) in [6.45, 7) is 4.59. The Bertz CT molecular complexity index is 411. The van der Waals surface area contributed by atoms with E-state index in [0.29, 0.717) is 13.2 Å². The van der Waals surface area contributed by atoms with E-state index in [1.165, 1.54) is 0 Å². The molecule has 9 heteroatoms. The monoisotopic (exact) mass is 300 g/mol. The lowest BCUT2D eigenvalue weighted by atomic mass is 10.3. The highest BCUT2D eigenvalue weighted by atomic mass is 16.5. The smallest absolute Gasteiger partial charge is 0.287 e. The fraction of sp³-hybridized carbons (Fsp3) is 0.750. The van der Waals surface area contributed by atoms with Crippen LogP contribution < -0.4 is 11.3 Å². The minimum absolute atomic E-state index is 0.209. The second-order valence-corrected chi connectivity index (χ2v) is 4.52. The predicted molar refractivity (Wildman–Crippen MR) is 76.5 cm³/mol. The SMILES string of the molecule is COCCCN(CCOC)CCn1cc(C(=O)NN)nn1. The molecule has 0 aliphatic rings. The lowest BCUT2D eigenvalue weighted by Gasteiger charge is -2.21. The van der Waals surface area contributed by atoms with Gasteiger partial charge in [0.2, 0.25) is 0 Å². The van der Waals surface area contributed by atoms with E-state index >= 15 is 0 Å². The summed E-state index contributed by atoms with van der Waals surface area (Å²) in [7, 11) is 3.38. The highest BCUT2D eigenvalue weighted by Crippen LogP contribution is 1.97. The molecule has 120 valence electrons. The van der Waals surface area contributed by atoms with Gasteiger partial charge in [-0.2, -0.15) is 0 Å². The predicted octanol–water partition coefficient (Wildman–Crippen LogP) is -1.13. The number of methoxy groups -OCH3 is 2. The van der Waals surface area contributed by atoms with Gasteiger partial charge in [-0.15, -0.1) is 5.10 Å². The Balaban J connectivity index is 2.43. The molecule has 0 atom stereocenters. The number of amides is 1. The Morgan fingerprint density at radius 1 is 1.33 bits per heavy atom. The van der Waals surface area contributed by atoms with Crippen LogP contribution in [-0.2, 0) is 16.0 Å². The number of ether oxygens (including phenoxy) is 2. The molecule has 3 N–H and O–H groups in total. The van der Waals surface area contributed by atoms with Crippen molar-refractivity contribution in [3.63, 3.8) is 0 Å². The van der Waals surface area contributed by atoms with Gasteiger partial charge in [0.25, 0.3) is 5.91 Å². The lowest BCUT2D eigenvalue weighted by molar-refractivity contribution is 0.0948. The van der Waals surface area contributed by atoms with Crippen molar-refractivity contribution in [2.75, 3.05) is 47.1 Å². The van der Waals surface area contributed by atoms with E-state index in [2.05, 4.69) is 15.2 Å². The molecule has 0 aliphatic carbocycles. The summed E-state index contributed by atoms with van der Waals surface area (Å²) in [5.41, 5.74) is 2.23. The van der Waals surface area contributed by atoms with Crippen LogP contribution in [-0.4, -0.2) is 72.9 Å². The van der Waals surface area contributed by atoms with Crippen LogP contribution in [0.1, 0.15) is 16.9 Å². The van der Waals surface area contributed by atoms with E-state index < -0.39 is 5.91 Å². The van der Waals surface area contributed by atoms with Crippen molar-refractivity contribution in [2.45, 2.75) is 13.0 Å². The lowest BCUT2D eigenvalue weighted by Crippen LogP contribution is -2.32. The van der Waals surface area contributed by atoms with E-state index in [0.717, 1.165) is 32.7 Å². The van der Waals surface area contributed by atoms with Crippen LogP contribution in [0.25, 0.3) is 0 Å². The largest absolute Gasteiger partial charge is 0.385 e. The number of aromatic nitrogens is 3. The Kier molecular flexibility index (Phi) is 8.51. The first-order chi connectivity index (χ1) is 10.2. The third-order valence-corrected chi connectivity index (χ3v) is 2.98. The summed E-state index contributed by atoms with van der Waals surface area (Å²) < 4.78 is 11.8. The molecule has 0 radical (unpaired) electrons. The summed E-state index contributed by atoms with van der Waals surface area (Å²) in [6, 6.07) is 0. The van der Waals surface area contributed by atoms with E-state index in [1.54, 1.807) is 25.1 Å². The number of nitrogens with one attached hydrogen (secondary N) is 1. The van der Waals surface area contributed by atoms with Crippen LogP contribution in [0, 0.1) is 0 Å². The molecule has 1 aromatic heterocycles. The Morgan fingerprint density at radius 3 is 2.76 bits per heavy atom. The fourth-order valence-electron chi connectivity index (χ4n) is 1.82. The minimum atomic E-state index is -0.447. The van der Waals surface area contributed by atoms with Gasteiger partial charge in [0.05, 0.1) is 19.3 Å². The van der Waals surface area contributed by atoms with Crippen LogP contribution in [0.2, 0.25) is 0 Å². The van der Waals surface area contributed by atoms with Crippen molar-refractivity contribution in [1.29, 1.82) is 0 Å².